The molecule has 0 saturated carbocycles. The maximum Gasteiger partial charge on any atom is 0.292 e. The Morgan fingerprint density at radius 2 is 1.86 bits per heavy atom. The number of aryl methyl sites for hydroxylation is 3. The van der Waals surface area contributed by atoms with Crippen LogP contribution in [-0.2, 0) is 18.3 Å². The quantitative estimate of drug-likeness (QED) is 0.504. The van der Waals surface area contributed by atoms with Gasteiger partial charge in [0.25, 0.3) is 11.7 Å². The zero-order valence-electron chi connectivity index (χ0n) is 13.2. The fourth-order valence-corrected chi connectivity index (χ4v) is 2.44. The van der Waals surface area contributed by atoms with Gasteiger partial charge in [-0.3, -0.25) is 14.3 Å². The molecule has 2 rings (SSSR count). The Kier molecular flexibility index (Phi) is 5.09. The average molecular weight is 299 g/mol. The predicted octanol–water partition coefficient (Wildman–Crippen LogP) is 1.97. The Morgan fingerprint density at radius 1 is 1.18 bits per heavy atom. The molecule has 0 bridgehead atoms. The van der Waals surface area contributed by atoms with Crippen LogP contribution in [0.3, 0.4) is 0 Å². The van der Waals surface area contributed by atoms with Gasteiger partial charge in [0.05, 0.1) is 11.3 Å². The summed E-state index contributed by atoms with van der Waals surface area (Å²) < 4.78 is 1.62. The smallest absolute Gasteiger partial charge is 0.292 e. The first-order valence-corrected chi connectivity index (χ1v) is 7.37. The van der Waals surface area contributed by atoms with Crippen LogP contribution in [0.2, 0.25) is 0 Å². The Morgan fingerprint density at radius 3 is 2.45 bits per heavy atom. The summed E-state index contributed by atoms with van der Waals surface area (Å²) in [4.78, 5) is 24.2. The van der Waals surface area contributed by atoms with Crippen LogP contribution in [0.25, 0.3) is 0 Å². The zero-order valence-corrected chi connectivity index (χ0v) is 13.2. The van der Waals surface area contributed by atoms with E-state index in [0.29, 0.717) is 23.5 Å². The molecule has 1 heterocycles. The predicted molar refractivity (Wildman–Crippen MR) is 84.8 cm³/mol. The van der Waals surface area contributed by atoms with Crippen LogP contribution >= 0.6 is 0 Å². The molecule has 1 amide bonds. The summed E-state index contributed by atoms with van der Waals surface area (Å²) in [5.74, 6) is -1.07. The number of Topliss-reactive ketones (excluding diaryl/α,β-unsaturated/α-hetero) is 1. The topological polar surface area (TPSA) is 64.0 Å². The Balaban J connectivity index is 1.86. The Labute approximate surface area is 130 Å². The van der Waals surface area contributed by atoms with Gasteiger partial charge >= 0.3 is 0 Å². The molecule has 116 valence electrons. The monoisotopic (exact) mass is 299 g/mol. The van der Waals surface area contributed by atoms with Gasteiger partial charge in [-0.2, -0.15) is 5.10 Å². The second kappa shape index (κ2) is 7.02. The molecule has 0 aliphatic heterocycles. The third-order valence-electron chi connectivity index (χ3n) is 3.71. The van der Waals surface area contributed by atoms with Gasteiger partial charge in [0, 0.05) is 19.3 Å². The molecule has 1 aromatic carbocycles. The molecule has 5 heteroatoms. The number of benzene rings is 1. The maximum absolute atomic E-state index is 12.2. The van der Waals surface area contributed by atoms with Crippen molar-refractivity contribution >= 4 is 11.7 Å². The van der Waals surface area contributed by atoms with Gasteiger partial charge < -0.3 is 5.32 Å². The van der Waals surface area contributed by atoms with Gasteiger partial charge in [-0.25, -0.2) is 0 Å². The minimum Gasteiger partial charge on any atom is -0.349 e. The van der Waals surface area contributed by atoms with E-state index in [2.05, 4.69) is 22.5 Å². The van der Waals surface area contributed by atoms with E-state index in [0.717, 1.165) is 12.8 Å². The molecular weight excluding hydrogens is 278 g/mol. The van der Waals surface area contributed by atoms with Crippen molar-refractivity contribution in [3.63, 3.8) is 0 Å². The minimum absolute atomic E-state index is 0.406. The molecule has 2 aromatic rings. The van der Waals surface area contributed by atoms with Crippen molar-refractivity contribution in [1.29, 1.82) is 0 Å². The van der Waals surface area contributed by atoms with Gasteiger partial charge in [-0.05, 0) is 32.3 Å². The largest absolute Gasteiger partial charge is 0.349 e. The number of carbonyl (C=O) groups excluding carboxylic acids is 2. The van der Waals surface area contributed by atoms with Crippen LogP contribution in [0.4, 0.5) is 0 Å². The van der Waals surface area contributed by atoms with Crippen LogP contribution in [0.5, 0.6) is 0 Å². The molecule has 0 aliphatic carbocycles. The fourth-order valence-electron chi connectivity index (χ4n) is 2.44. The summed E-state index contributed by atoms with van der Waals surface area (Å²) in [7, 11) is 1.76. The van der Waals surface area contributed by atoms with E-state index >= 15 is 0 Å². The van der Waals surface area contributed by atoms with E-state index < -0.39 is 11.7 Å². The first-order chi connectivity index (χ1) is 10.5. The average Bonchev–Trinajstić information content (AvgIpc) is 2.76. The van der Waals surface area contributed by atoms with Crippen LogP contribution < -0.4 is 5.32 Å². The number of nitrogens with zero attached hydrogens (tertiary/aromatic N) is 2. The normalized spacial score (nSPS) is 10.5. The van der Waals surface area contributed by atoms with Gasteiger partial charge in [0.1, 0.15) is 0 Å². The summed E-state index contributed by atoms with van der Waals surface area (Å²) >= 11 is 0. The lowest BCUT2D eigenvalue weighted by molar-refractivity contribution is -0.117. The van der Waals surface area contributed by atoms with Gasteiger partial charge in [-0.15, -0.1) is 0 Å². The van der Waals surface area contributed by atoms with Gasteiger partial charge in [-0.1, -0.05) is 30.3 Å². The molecule has 0 radical (unpaired) electrons. The van der Waals surface area contributed by atoms with Crippen LogP contribution in [0.1, 0.15) is 33.7 Å². The molecule has 0 unspecified atom stereocenters. The molecule has 22 heavy (non-hydrogen) atoms. The lowest BCUT2D eigenvalue weighted by Crippen LogP contribution is -2.32. The van der Waals surface area contributed by atoms with Gasteiger partial charge in [0.2, 0.25) is 0 Å². The lowest BCUT2D eigenvalue weighted by Gasteiger charge is -2.05. The van der Waals surface area contributed by atoms with Crippen molar-refractivity contribution in [3.8, 4) is 0 Å². The second-order valence-electron chi connectivity index (χ2n) is 5.34. The summed E-state index contributed by atoms with van der Waals surface area (Å²) in [6.07, 6.45) is 1.67. The van der Waals surface area contributed by atoms with Crippen molar-refractivity contribution < 1.29 is 9.59 Å². The Bertz CT molecular complexity index is 675. The summed E-state index contributed by atoms with van der Waals surface area (Å²) in [6, 6.07) is 10.1. The molecule has 5 nitrogen and oxygen atoms in total. The van der Waals surface area contributed by atoms with Crippen molar-refractivity contribution in [1.82, 2.24) is 15.1 Å². The second-order valence-corrected chi connectivity index (χ2v) is 5.34. The van der Waals surface area contributed by atoms with E-state index in [-0.39, 0.29) is 0 Å². The van der Waals surface area contributed by atoms with E-state index in [1.165, 1.54) is 5.56 Å². The zero-order chi connectivity index (χ0) is 16.1. The SMILES string of the molecule is Cc1nn(C)c(C)c1C(=O)C(=O)NCCCc1ccccc1. The van der Waals surface area contributed by atoms with Crippen LogP contribution in [-0.4, -0.2) is 28.0 Å². The highest BCUT2D eigenvalue weighted by Gasteiger charge is 2.23. The molecule has 0 saturated heterocycles. The standard InChI is InChI=1S/C17H21N3O2/c1-12-15(13(2)20(3)19-12)16(21)17(22)18-11-7-10-14-8-5-4-6-9-14/h4-6,8-9H,7,10-11H2,1-3H3,(H,18,22). The number of nitrogens with one attached hydrogen (secondary N) is 1. The van der Waals surface area contributed by atoms with Crippen LogP contribution in [0, 0.1) is 13.8 Å². The molecule has 0 aliphatic rings. The maximum atomic E-state index is 12.2. The molecule has 1 aromatic heterocycles. The highest BCUT2D eigenvalue weighted by atomic mass is 16.2. The molecule has 0 atom stereocenters. The first-order valence-electron chi connectivity index (χ1n) is 7.37. The number of ketones is 1. The van der Waals surface area contributed by atoms with Crippen molar-refractivity contribution in [2.75, 3.05) is 6.54 Å². The number of rotatable bonds is 6. The number of carbonyl (C=O) groups is 2. The molecule has 0 spiro atoms. The van der Waals surface area contributed by atoms with E-state index in [1.807, 2.05) is 18.2 Å². The fraction of sp³-hybridized carbons (Fsp3) is 0.353. The van der Waals surface area contributed by atoms with Crippen molar-refractivity contribution in [2.45, 2.75) is 26.7 Å². The number of hydrogen-bond acceptors (Lipinski definition) is 3. The first kappa shape index (κ1) is 15.9. The minimum atomic E-state index is -0.563. The Hall–Kier alpha value is -2.43. The van der Waals surface area contributed by atoms with E-state index in [9.17, 15) is 9.59 Å². The highest BCUT2D eigenvalue weighted by molar-refractivity contribution is 6.43. The molecular formula is C17H21N3O2. The van der Waals surface area contributed by atoms with E-state index in [1.54, 1.807) is 25.6 Å². The number of aromatic nitrogens is 2. The van der Waals surface area contributed by atoms with Crippen LogP contribution in [0.15, 0.2) is 30.3 Å². The van der Waals surface area contributed by atoms with Gasteiger partial charge in [0.15, 0.2) is 0 Å². The summed E-state index contributed by atoms with van der Waals surface area (Å²) in [5, 5.41) is 6.86. The van der Waals surface area contributed by atoms with Crippen molar-refractivity contribution in [3.05, 3.63) is 52.8 Å². The summed E-state index contributed by atoms with van der Waals surface area (Å²) in [5.41, 5.74) is 2.93. The summed E-state index contributed by atoms with van der Waals surface area (Å²) in [6.45, 7) is 4.01. The van der Waals surface area contributed by atoms with Crippen molar-refractivity contribution in [2.24, 2.45) is 7.05 Å². The third kappa shape index (κ3) is 3.61. The van der Waals surface area contributed by atoms with E-state index in [4.69, 9.17) is 0 Å². The number of amides is 1. The molecule has 1 N–H and O–H groups in total. The highest BCUT2D eigenvalue weighted by Crippen LogP contribution is 2.12. The lowest BCUT2D eigenvalue weighted by atomic mass is 10.1. The third-order valence-corrected chi connectivity index (χ3v) is 3.71. The number of hydrogen-bond donors (Lipinski definition) is 1. The molecule has 0 fully saturated rings.